The van der Waals surface area contributed by atoms with Gasteiger partial charge in [0.05, 0.1) is 5.69 Å². The molecule has 0 fully saturated rings. The summed E-state index contributed by atoms with van der Waals surface area (Å²) < 4.78 is 0. The lowest BCUT2D eigenvalue weighted by Gasteiger charge is -2.00. The van der Waals surface area contributed by atoms with Crippen molar-refractivity contribution in [3.8, 4) is 33.3 Å². The Balaban J connectivity index is 1.99. The molecule has 0 saturated carbocycles. The first kappa shape index (κ1) is 11.7. The van der Waals surface area contributed by atoms with E-state index in [-0.39, 0.29) is 11.5 Å². The molecule has 19 heavy (non-hydrogen) atoms. The molecule has 0 amide bonds. The number of benzene rings is 1. The Kier molecular flexibility index (Phi) is 2.89. The van der Waals surface area contributed by atoms with Crippen molar-refractivity contribution in [2.75, 3.05) is 0 Å². The molecule has 3 rings (SSSR count). The Morgan fingerprint density at radius 1 is 0.895 bits per heavy atom. The van der Waals surface area contributed by atoms with E-state index in [0.717, 1.165) is 21.8 Å². The zero-order chi connectivity index (χ0) is 13.2. The molecule has 0 aliphatic carbocycles. The first-order chi connectivity index (χ1) is 9.24. The van der Waals surface area contributed by atoms with Crippen molar-refractivity contribution < 1.29 is 10.2 Å². The second-order valence-electron chi connectivity index (χ2n) is 3.98. The number of aromatic nitrogens is 2. The Labute approximate surface area is 113 Å². The van der Waals surface area contributed by atoms with E-state index in [0.29, 0.717) is 0 Å². The van der Waals surface area contributed by atoms with Gasteiger partial charge >= 0.3 is 0 Å². The molecular formula is C14H10N2O2S. The Hall–Kier alpha value is -2.40. The molecule has 0 atom stereocenters. The molecule has 2 heterocycles. The van der Waals surface area contributed by atoms with Crippen LogP contribution in [0, 0.1) is 0 Å². The highest BCUT2D eigenvalue weighted by molar-refractivity contribution is 7.13. The third kappa shape index (κ3) is 2.28. The number of pyridine rings is 1. The zero-order valence-electron chi connectivity index (χ0n) is 9.82. The molecule has 94 valence electrons. The summed E-state index contributed by atoms with van der Waals surface area (Å²) in [5.74, 6) is -0.271. The van der Waals surface area contributed by atoms with Crippen molar-refractivity contribution in [3.63, 3.8) is 0 Å². The summed E-state index contributed by atoms with van der Waals surface area (Å²) in [6.07, 6.45) is 3.45. The lowest BCUT2D eigenvalue weighted by atomic mass is 10.2. The van der Waals surface area contributed by atoms with Crippen LogP contribution in [0.15, 0.2) is 48.1 Å². The van der Waals surface area contributed by atoms with Gasteiger partial charge < -0.3 is 10.2 Å². The first-order valence-electron chi connectivity index (χ1n) is 5.62. The van der Waals surface area contributed by atoms with E-state index in [1.807, 2.05) is 17.5 Å². The summed E-state index contributed by atoms with van der Waals surface area (Å²) in [5, 5.41) is 21.6. The summed E-state index contributed by atoms with van der Waals surface area (Å²) in [6.45, 7) is 0. The van der Waals surface area contributed by atoms with Crippen molar-refractivity contribution >= 4 is 11.3 Å². The highest BCUT2D eigenvalue weighted by atomic mass is 32.1. The van der Waals surface area contributed by atoms with Crippen LogP contribution in [0.4, 0.5) is 0 Å². The average Bonchev–Trinajstić information content (AvgIpc) is 2.93. The molecule has 0 aliphatic rings. The van der Waals surface area contributed by atoms with E-state index >= 15 is 0 Å². The van der Waals surface area contributed by atoms with Crippen molar-refractivity contribution in [2.45, 2.75) is 0 Å². The van der Waals surface area contributed by atoms with Crippen LogP contribution in [-0.4, -0.2) is 20.2 Å². The predicted molar refractivity (Wildman–Crippen MR) is 74.1 cm³/mol. The van der Waals surface area contributed by atoms with Gasteiger partial charge in [0, 0.05) is 28.9 Å². The topological polar surface area (TPSA) is 66.2 Å². The van der Waals surface area contributed by atoms with Gasteiger partial charge in [-0.25, -0.2) is 4.98 Å². The minimum atomic E-state index is -0.141. The van der Waals surface area contributed by atoms with E-state index < -0.39 is 0 Å². The molecular weight excluding hydrogens is 260 g/mol. The number of phenols is 2. The van der Waals surface area contributed by atoms with Gasteiger partial charge in [0.1, 0.15) is 5.01 Å². The van der Waals surface area contributed by atoms with Gasteiger partial charge in [0.2, 0.25) is 0 Å². The Morgan fingerprint density at radius 2 is 1.68 bits per heavy atom. The number of phenolic OH excluding ortho intramolecular Hbond substituents is 2. The van der Waals surface area contributed by atoms with E-state index in [2.05, 4.69) is 9.97 Å². The fraction of sp³-hybridized carbons (Fsp3) is 0. The largest absolute Gasteiger partial charge is 0.504 e. The lowest BCUT2D eigenvalue weighted by molar-refractivity contribution is 0.404. The van der Waals surface area contributed by atoms with Crippen LogP contribution in [0.2, 0.25) is 0 Å². The fourth-order valence-electron chi connectivity index (χ4n) is 1.72. The predicted octanol–water partition coefficient (Wildman–Crippen LogP) is 3.28. The number of thiazole rings is 1. The molecule has 0 bridgehead atoms. The maximum Gasteiger partial charge on any atom is 0.158 e. The van der Waals surface area contributed by atoms with Gasteiger partial charge in [0.25, 0.3) is 0 Å². The second kappa shape index (κ2) is 4.70. The Morgan fingerprint density at radius 3 is 2.42 bits per heavy atom. The zero-order valence-corrected chi connectivity index (χ0v) is 10.6. The average molecular weight is 270 g/mol. The summed E-state index contributed by atoms with van der Waals surface area (Å²) >= 11 is 1.49. The minimum Gasteiger partial charge on any atom is -0.504 e. The highest BCUT2D eigenvalue weighted by Gasteiger charge is 2.08. The minimum absolute atomic E-state index is 0.130. The third-order valence-electron chi connectivity index (χ3n) is 2.70. The lowest BCUT2D eigenvalue weighted by Crippen LogP contribution is -1.80. The number of hydrogen-bond donors (Lipinski definition) is 2. The van der Waals surface area contributed by atoms with Gasteiger partial charge in [-0.1, -0.05) is 0 Å². The normalized spacial score (nSPS) is 10.5. The number of aromatic hydroxyl groups is 2. The highest BCUT2D eigenvalue weighted by Crippen LogP contribution is 2.33. The van der Waals surface area contributed by atoms with E-state index in [1.54, 1.807) is 18.5 Å². The number of rotatable bonds is 2. The molecule has 0 radical (unpaired) electrons. The monoisotopic (exact) mass is 270 g/mol. The van der Waals surface area contributed by atoms with Crippen LogP contribution in [0.25, 0.3) is 21.8 Å². The molecule has 0 spiro atoms. The van der Waals surface area contributed by atoms with Crippen LogP contribution < -0.4 is 0 Å². The number of hydrogen-bond acceptors (Lipinski definition) is 5. The van der Waals surface area contributed by atoms with Gasteiger partial charge in [-0.05, 0) is 30.3 Å². The summed E-state index contributed by atoms with van der Waals surface area (Å²) in [5.41, 5.74) is 2.65. The van der Waals surface area contributed by atoms with Crippen molar-refractivity contribution in [2.24, 2.45) is 0 Å². The Bertz CT molecular complexity index is 710. The molecule has 0 saturated heterocycles. The quantitative estimate of drug-likeness (QED) is 0.701. The van der Waals surface area contributed by atoms with Gasteiger partial charge in [0.15, 0.2) is 11.5 Å². The molecule has 5 heteroatoms. The summed E-state index contributed by atoms with van der Waals surface area (Å²) in [7, 11) is 0. The molecule has 2 aromatic heterocycles. The van der Waals surface area contributed by atoms with Crippen LogP contribution in [0.5, 0.6) is 11.5 Å². The van der Waals surface area contributed by atoms with Crippen LogP contribution in [0.3, 0.4) is 0 Å². The van der Waals surface area contributed by atoms with E-state index in [1.165, 1.54) is 23.5 Å². The van der Waals surface area contributed by atoms with Gasteiger partial charge in [-0.15, -0.1) is 11.3 Å². The van der Waals surface area contributed by atoms with Crippen molar-refractivity contribution in [3.05, 3.63) is 48.1 Å². The van der Waals surface area contributed by atoms with Crippen LogP contribution in [-0.2, 0) is 0 Å². The maximum atomic E-state index is 9.50. The molecule has 4 nitrogen and oxygen atoms in total. The molecule has 0 unspecified atom stereocenters. The third-order valence-corrected chi connectivity index (χ3v) is 3.59. The second-order valence-corrected chi connectivity index (χ2v) is 4.84. The molecule has 0 aliphatic heterocycles. The molecule has 3 aromatic rings. The van der Waals surface area contributed by atoms with E-state index in [4.69, 9.17) is 0 Å². The maximum absolute atomic E-state index is 9.50. The van der Waals surface area contributed by atoms with Gasteiger partial charge in [-0.2, -0.15) is 0 Å². The van der Waals surface area contributed by atoms with Crippen LogP contribution in [0.1, 0.15) is 0 Å². The molecule has 1 aromatic carbocycles. The number of nitrogens with zero attached hydrogens (tertiary/aromatic N) is 2. The van der Waals surface area contributed by atoms with Crippen molar-refractivity contribution in [1.29, 1.82) is 0 Å². The van der Waals surface area contributed by atoms with Crippen molar-refractivity contribution in [1.82, 2.24) is 9.97 Å². The van der Waals surface area contributed by atoms with E-state index in [9.17, 15) is 10.2 Å². The summed E-state index contributed by atoms with van der Waals surface area (Å²) in [6, 6.07) is 8.48. The summed E-state index contributed by atoms with van der Waals surface area (Å²) in [4.78, 5) is 8.49. The first-order valence-corrected chi connectivity index (χ1v) is 6.50. The smallest absolute Gasteiger partial charge is 0.158 e. The standard InChI is InChI=1S/C14H10N2O2S/c17-12-2-1-10(7-13(12)18)14-16-11(8-19-14)9-3-5-15-6-4-9/h1-8,17-18H. The SMILES string of the molecule is Oc1ccc(-c2nc(-c3ccncc3)cs2)cc1O. The molecule has 2 N–H and O–H groups in total. The fourth-order valence-corrected chi connectivity index (χ4v) is 2.54. The van der Waals surface area contributed by atoms with Gasteiger partial charge in [-0.3, -0.25) is 4.98 Å². The van der Waals surface area contributed by atoms with Crippen LogP contribution >= 0.6 is 11.3 Å².